The zero-order valence-electron chi connectivity index (χ0n) is 12.7. The minimum Gasteiger partial charge on any atom is -0.481 e. The van der Waals surface area contributed by atoms with Crippen molar-refractivity contribution >= 4 is 35.2 Å². The molecule has 1 fully saturated rings. The Hall–Kier alpha value is -1.20. The molecule has 1 amide bonds. The molecule has 1 N–H and O–H groups in total. The number of likely N-dealkylation sites (tertiary alicyclic amines) is 1. The number of nitrogens with zero attached hydrogens (tertiary/aromatic N) is 1. The van der Waals surface area contributed by atoms with E-state index in [1.165, 1.54) is 11.8 Å². The highest BCUT2D eigenvalue weighted by Crippen LogP contribution is 2.29. The quantitative estimate of drug-likeness (QED) is 0.853. The molecule has 3 atom stereocenters. The second-order valence-corrected chi connectivity index (χ2v) is 7.56. The lowest BCUT2D eigenvalue weighted by Gasteiger charge is -2.36. The van der Waals surface area contributed by atoms with Gasteiger partial charge < -0.3 is 10.0 Å². The van der Waals surface area contributed by atoms with E-state index in [1.807, 2.05) is 38.1 Å². The van der Waals surface area contributed by atoms with Crippen molar-refractivity contribution in [3.63, 3.8) is 0 Å². The lowest BCUT2D eigenvalue weighted by molar-refractivity contribution is -0.148. The Morgan fingerprint density at radius 3 is 2.55 bits per heavy atom. The Labute approximate surface area is 139 Å². The van der Waals surface area contributed by atoms with E-state index >= 15 is 0 Å². The summed E-state index contributed by atoms with van der Waals surface area (Å²) in [6.45, 7) is 4.82. The van der Waals surface area contributed by atoms with Gasteiger partial charge in [0, 0.05) is 23.0 Å². The average Bonchev–Trinajstić information content (AvgIpc) is 2.48. The molecular weight excluding hydrogens is 322 g/mol. The van der Waals surface area contributed by atoms with E-state index < -0.39 is 5.97 Å². The fourth-order valence-corrected chi connectivity index (χ4v) is 3.81. The molecule has 0 aromatic heterocycles. The van der Waals surface area contributed by atoms with Crippen molar-refractivity contribution in [1.29, 1.82) is 0 Å². The molecule has 1 aromatic rings. The predicted octanol–water partition coefficient (Wildman–Crippen LogP) is 3.39. The van der Waals surface area contributed by atoms with Gasteiger partial charge in [0.1, 0.15) is 0 Å². The van der Waals surface area contributed by atoms with Crippen LogP contribution in [0.5, 0.6) is 0 Å². The number of carboxylic acids is 1. The predicted molar refractivity (Wildman–Crippen MR) is 88.3 cm³/mol. The van der Waals surface area contributed by atoms with Crippen LogP contribution in [0.1, 0.15) is 20.3 Å². The van der Waals surface area contributed by atoms with Gasteiger partial charge >= 0.3 is 5.97 Å². The van der Waals surface area contributed by atoms with Crippen LogP contribution in [-0.4, -0.2) is 40.2 Å². The molecule has 2 rings (SSSR count). The van der Waals surface area contributed by atoms with Crippen LogP contribution in [0, 0.1) is 11.8 Å². The van der Waals surface area contributed by atoms with Crippen LogP contribution in [0.4, 0.5) is 0 Å². The summed E-state index contributed by atoms with van der Waals surface area (Å²) in [5, 5.41) is 9.62. The van der Waals surface area contributed by atoms with Gasteiger partial charge in [0.05, 0.1) is 11.2 Å². The molecule has 0 bridgehead atoms. The summed E-state index contributed by atoms with van der Waals surface area (Å²) in [6, 6.07) is 7.41. The summed E-state index contributed by atoms with van der Waals surface area (Å²) in [5.74, 6) is -1.05. The van der Waals surface area contributed by atoms with Crippen molar-refractivity contribution in [1.82, 2.24) is 4.90 Å². The zero-order valence-corrected chi connectivity index (χ0v) is 14.2. The number of hydrogen-bond acceptors (Lipinski definition) is 3. The summed E-state index contributed by atoms with van der Waals surface area (Å²) in [6.07, 6.45) is 0.528. The Morgan fingerprint density at radius 2 is 2.00 bits per heavy atom. The van der Waals surface area contributed by atoms with Crippen molar-refractivity contribution in [2.24, 2.45) is 11.8 Å². The molecule has 1 heterocycles. The molecular formula is C16H20ClNO3S. The Morgan fingerprint density at radius 1 is 1.36 bits per heavy atom. The first-order valence-electron chi connectivity index (χ1n) is 7.32. The highest BCUT2D eigenvalue weighted by atomic mass is 35.5. The molecule has 1 saturated heterocycles. The smallest absolute Gasteiger partial charge is 0.306 e. The van der Waals surface area contributed by atoms with Crippen molar-refractivity contribution < 1.29 is 14.7 Å². The van der Waals surface area contributed by atoms with Crippen molar-refractivity contribution in [3.05, 3.63) is 29.3 Å². The molecule has 22 heavy (non-hydrogen) atoms. The van der Waals surface area contributed by atoms with Crippen LogP contribution in [0.25, 0.3) is 0 Å². The zero-order chi connectivity index (χ0) is 16.3. The first kappa shape index (κ1) is 17.2. The molecule has 6 heteroatoms. The first-order valence-corrected chi connectivity index (χ1v) is 8.58. The molecule has 0 spiro atoms. The second-order valence-electron chi connectivity index (χ2n) is 5.71. The molecule has 1 aromatic carbocycles. The van der Waals surface area contributed by atoms with Gasteiger partial charge in [0.25, 0.3) is 0 Å². The lowest BCUT2D eigenvalue weighted by Crippen LogP contribution is -2.47. The number of aliphatic carboxylic acids is 1. The largest absolute Gasteiger partial charge is 0.481 e. The third-order valence-corrected chi connectivity index (χ3v) is 5.36. The summed E-state index contributed by atoms with van der Waals surface area (Å²) < 4.78 is 0. The maximum Gasteiger partial charge on any atom is 0.306 e. The number of rotatable bonds is 4. The van der Waals surface area contributed by atoms with Crippen LogP contribution in [-0.2, 0) is 9.59 Å². The highest BCUT2D eigenvalue weighted by molar-refractivity contribution is 8.00. The van der Waals surface area contributed by atoms with Gasteiger partial charge in [-0.2, -0.15) is 0 Å². The van der Waals surface area contributed by atoms with E-state index in [1.54, 1.807) is 4.90 Å². The SMILES string of the molecule is CC(Sc1ccc(Cl)cc1)C(=O)N1CCC(C(=O)O)C(C)C1. The maximum absolute atomic E-state index is 12.5. The first-order chi connectivity index (χ1) is 10.4. The number of piperidine rings is 1. The number of hydrogen-bond donors (Lipinski definition) is 1. The topological polar surface area (TPSA) is 57.6 Å². The van der Waals surface area contributed by atoms with E-state index in [4.69, 9.17) is 16.7 Å². The van der Waals surface area contributed by atoms with E-state index in [2.05, 4.69) is 0 Å². The van der Waals surface area contributed by atoms with Crippen molar-refractivity contribution in [3.8, 4) is 0 Å². The fraction of sp³-hybridized carbons (Fsp3) is 0.500. The third-order valence-electron chi connectivity index (χ3n) is 4.01. The molecule has 0 aliphatic carbocycles. The van der Waals surface area contributed by atoms with Crippen LogP contribution < -0.4 is 0 Å². The highest BCUT2D eigenvalue weighted by Gasteiger charge is 2.34. The number of carbonyl (C=O) groups is 2. The van der Waals surface area contributed by atoms with Gasteiger partial charge in [-0.25, -0.2) is 0 Å². The molecule has 4 nitrogen and oxygen atoms in total. The van der Waals surface area contributed by atoms with E-state index in [-0.39, 0.29) is 23.0 Å². The van der Waals surface area contributed by atoms with Gasteiger partial charge in [-0.1, -0.05) is 18.5 Å². The van der Waals surface area contributed by atoms with E-state index in [0.29, 0.717) is 24.5 Å². The van der Waals surface area contributed by atoms with Crippen LogP contribution in [0.2, 0.25) is 5.02 Å². The molecule has 0 saturated carbocycles. The standard InChI is InChI=1S/C16H20ClNO3S/c1-10-9-18(8-7-14(10)16(20)21)15(19)11(2)22-13-5-3-12(17)4-6-13/h3-6,10-11,14H,7-9H2,1-2H3,(H,20,21). The van der Waals surface area contributed by atoms with E-state index in [9.17, 15) is 9.59 Å². The minimum atomic E-state index is -0.761. The Balaban J connectivity index is 1.93. The van der Waals surface area contributed by atoms with Crippen LogP contribution in [0.15, 0.2) is 29.2 Å². The normalized spacial score (nSPS) is 23.1. The summed E-state index contributed by atoms with van der Waals surface area (Å²) in [4.78, 5) is 26.4. The van der Waals surface area contributed by atoms with Gasteiger partial charge in [0.2, 0.25) is 5.91 Å². The molecule has 120 valence electrons. The number of carboxylic acid groups (broad SMARTS) is 1. The summed E-state index contributed by atoms with van der Waals surface area (Å²) in [5.41, 5.74) is 0. The van der Waals surface area contributed by atoms with Crippen molar-refractivity contribution in [2.45, 2.75) is 30.4 Å². The maximum atomic E-state index is 12.5. The summed E-state index contributed by atoms with van der Waals surface area (Å²) >= 11 is 7.35. The minimum absolute atomic E-state index is 0.0112. The number of thioether (sulfide) groups is 1. The number of halogens is 1. The average molecular weight is 342 g/mol. The van der Waals surface area contributed by atoms with Gasteiger partial charge in [-0.3, -0.25) is 9.59 Å². The van der Waals surface area contributed by atoms with E-state index in [0.717, 1.165) is 4.90 Å². The molecule has 1 aliphatic heterocycles. The van der Waals surface area contributed by atoms with Crippen LogP contribution in [0.3, 0.4) is 0 Å². The number of amides is 1. The third kappa shape index (κ3) is 4.17. The van der Waals surface area contributed by atoms with Gasteiger partial charge in [-0.05, 0) is 43.5 Å². The number of benzene rings is 1. The van der Waals surface area contributed by atoms with Crippen LogP contribution >= 0.6 is 23.4 Å². The monoisotopic (exact) mass is 341 g/mol. The number of carbonyl (C=O) groups excluding carboxylic acids is 1. The van der Waals surface area contributed by atoms with Gasteiger partial charge in [0.15, 0.2) is 0 Å². The Bertz CT molecular complexity index is 549. The molecule has 1 aliphatic rings. The van der Waals surface area contributed by atoms with Gasteiger partial charge in [-0.15, -0.1) is 11.8 Å². The second kappa shape index (κ2) is 7.38. The summed E-state index contributed by atoms with van der Waals surface area (Å²) in [7, 11) is 0. The molecule has 0 radical (unpaired) electrons. The molecule has 3 unspecified atom stereocenters. The fourth-order valence-electron chi connectivity index (χ4n) is 2.74. The Kier molecular flexibility index (Phi) is 5.75. The lowest BCUT2D eigenvalue weighted by atomic mass is 9.87. The van der Waals surface area contributed by atoms with Crippen molar-refractivity contribution in [2.75, 3.05) is 13.1 Å².